The zero-order valence-electron chi connectivity index (χ0n) is 78.7. The van der Waals surface area contributed by atoms with Crippen molar-refractivity contribution in [1.29, 1.82) is 0 Å². The molecule has 722 valence electrons. The zero-order valence-corrected chi connectivity index (χ0v) is 78.7. The van der Waals surface area contributed by atoms with E-state index in [0.29, 0.717) is 109 Å². The number of allylic oxidation sites excluding steroid dienone is 4. The standard InChI is InChI=1S/C25H42F2O5.C25H42F2O4.2C25H40F2O4/c1-4-5-16-25(26,27)23(30)15-14-20-19(21(28)17-22(20)29)12-10-8-6-7-9-11-13-24(31)32-18(2)3;3*1-4-5-18-25(26,27)23(29)17-15-20-14-16-22(28)21(20)12-10-8-6-7-9-11-13-24(30)31-19(2)3/h18-20,22,29H,4-17H2,1-3H3;19-21H,4-18H2,1-3H3;2*14,16,19-21H,4-13,15,17-18H2,1-3H3/t19-,20-,22-;3*20-,21-/m1111/s1. The summed E-state index contributed by atoms with van der Waals surface area (Å²) in [4.78, 5) is 142. The first kappa shape index (κ1) is 117. The molecule has 4 aliphatic carbocycles. The van der Waals surface area contributed by atoms with E-state index in [4.69, 9.17) is 18.9 Å². The van der Waals surface area contributed by atoms with Crippen LogP contribution >= 0.6 is 0 Å². The monoisotopic (exact) mass is 1790 g/mol. The lowest BCUT2D eigenvalue weighted by Crippen LogP contribution is -2.30. The SMILES string of the molecule is CCCCC(F)(F)C(=O)CC[C@H]1C=CC(=O)[C@@H]1CCCCCCCCC(=O)OC(C)C.CCCCC(F)(F)C(=O)CC[C@H]1C=CC(=O)[C@@H]1CCCCCCCCC(=O)OC(C)C.CCCCC(F)(F)C(=O)CC[C@H]1CCC(=O)[C@@H]1CCCCCCCCC(=O)OC(C)C.CCCCC(F)(F)C(=O)CC[C@H]1[C@H](O)CC(=O)[C@@H]1CCCCCCCCC(=O)OC(C)C. The van der Waals surface area contributed by atoms with Crippen LogP contribution in [0.2, 0.25) is 0 Å². The third-order valence-electron chi connectivity index (χ3n) is 24.3. The van der Waals surface area contributed by atoms with Crippen molar-refractivity contribution in [2.75, 3.05) is 0 Å². The number of alkyl halides is 8. The number of carbonyl (C=O) groups is 12. The molecule has 2 fully saturated rings. The van der Waals surface area contributed by atoms with E-state index in [2.05, 4.69) is 0 Å². The first-order chi connectivity index (χ1) is 59.1. The van der Waals surface area contributed by atoms with E-state index < -0.39 is 65.3 Å². The number of hydrogen-bond donors (Lipinski definition) is 1. The van der Waals surface area contributed by atoms with E-state index in [0.717, 1.165) is 180 Å². The molecule has 0 unspecified atom stereocenters. The Morgan fingerprint density at radius 3 is 0.872 bits per heavy atom. The highest BCUT2D eigenvalue weighted by atomic mass is 19.3. The predicted octanol–water partition coefficient (Wildman–Crippen LogP) is 25.8. The van der Waals surface area contributed by atoms with Crippen LogP contribution in [0.25, 0.3) is 0 Å². The molecule has 0 aliphatic heterocycles. The first-order valence-electron chi connectivity index (χ1n) is 48.7. The van der Waals surface area contributed by atoms with Crippen molar-refractivity contribution >= 4 is 70.1 Å². The molecule has 2 saturated carbocycles. The summed E-state index contributed by atoms with van der Waals surface area (Å²) in [5.41, 5.74) is 0. The Morgan fingerprint density at radius 2 is 0.584 bits per heavy atom. The fraction of sp³-hybridized carbons (Fsp3) is 0.840. The molecular formula is C100H164F8O17. The molecule has 0 radical (unpaired) electrons. The van der Waals surface area contributed by atoms with E-state index in [-0.39, 0.29) is 171 Å². The summed E-state index contributed by atoms with van der Waals surface area (Å²) in [6.45, 7) is 22.0. The van der Waals surface area contributed by atoms with Crippen LogP contribution in [0.5, 0.6) is 0 Å². The summed E-state index contributed by atoms with van der Waals surface area (Å²) in [5, 5.41) is 10.2. The number of rotatable bonds is 68. The highest BCUT2D eigenvalue weighted by Crippen LogP contribution is 2.41. The highest BCUT2D eigenvalue weighted by Gasteiger charge is 2.45. The van der Waals surface area contributed by atoms with Gasteiger partial charge in [-0.25, -0.2) is 0 Å². The van der Waals surface area contributed by atoms with Gasteiger partial charge in [-0.1, -0.05) is 194 Å². The van der Waals surface area contributed by atoms with Gasteiger partial charge in [-0.05, 0) is 200 Å². The molecule has 0 aromatic heterocycles. The summed E-state index contributed by atoms with van der Waals surface area (Å²) < 4.78 is 131. The van der Waals surface area contributed by atoms with Gasteiger partial charge in [0.1, 0.15) is 11.6 Å². The average Bonchev–Trinajstić information content (AvgIpc) is 1.68. The van der Waals surface area contributed by atoms with Gasteiger partial charge < -0.3 is 24.1 Å². The molecule has 25 heteroatoms. The van der Waals surface area contributed by atoms with Crippen molar-refractivity contribution in [1.82, 2.24) is 0 Å². The van der Waals surface area contributed by atoms with Gasteiger partial charge in [-0.2, -0.15) is 35.1 Å². The summed E-state index contributed by atoms with van der Waals surface area (Å²) in [7, 11) is 0. The van der Waals surface area contributed by atoms with Crippen LogP contribution in [0.4, 0.5) is 35.1 Å². The largest absolute Gasteiger partial charge is 0.463 e. The van der Waals surface area contributed by atoms with Gasteiger partial charge in [0.05, 0.1) is 30.5 Å². The van der Waals surface area contributed by atoms with Crippen LogP contribution in [0, 0.1) is 47.3 Å². The van der Waals surface area contributed by atoms with Crippen LogP contribution in [0.3, 0.4) is 0 Å². The van der Waals surface area contributed by atoms with Crippen molar-refractivity contribution in [2.45, 2.75) is 490 Å². The molecule has 4 aliphatic rings. The number of Topliss-reactive ketones (excluding diaryl/α,β-unsaturated/α-hetero) is 6. The minimum absolute atomic E-state index is 0.0173. The van der Waals surface area contributed by atoms with Crippen LogP contribution in [-0.2, 0) is 76.5 Å². The number of ether oxygens (including phenoxy) is 4. The lowest BCUT2D eigenvalue weighted by molar-refractivity contribution is -0.148. The Kier molecular flexibility index (Phi) is 62.3. The van der Waals surface area contributed by atoms with Crippen molar-refractivity contribution < 1.29 is 117 Å². The Bertz CT molecular complexity index is 3010. The van der Waals surface area contributed by atoms with Crippen LogP contribution in [-0.4, -0.2) is 129 Å². The molecule has 17 nitrogen and oxygen atoms in total. The zero-order chi connectivity index (χ0) is 94.0. The molecule has 0 aromatic carbocycles. The number of unbranched alkanes of at least 4 members (excludes halogenated alkanes) is 24. The number of halogens is 8. The lowest BCUT2D eigenvalue weighted by atomic mass is 9.85. The molecule has 0 aromatic rings. The van der Waals surface area contributed by atoms with E-state index >= 15 is 0 Å². The van der Waals surface area contributed by atoms with Crippen molar-refractivity contribution in [3.63, 3.8) is 0 Å². The summed E-state index contributed by atoms with van der Waals surface area (Å²) in [6.07, 6.45) is 37.3. The minimum Gasteiger partial charge on any atom is -0.463 e. The van der Waals surface area contributed by atoms with E-state index in [1.807, 2.05) is 76.2 Å². The molecule has 0 saturated heterocycles. The highest BCUT2D eigenvalue weighted by molar-refractivity contribution is 5.95. The first-order valence-corrected chi connectivity index (χ1v) is 48.7. The fourth-order valence-electron chi connectivity index (χ4n) is 16.9. The van der Waals surface area contributed by atoms with Gasteiger partial charge in [-0.3, -0.25) is 57.5 Å². The quantitative estimate of drug-likeness (QED) is 0.0257. The number of esters is 4. The van der Waals surface area contributed by atoms with Crippen LogP contribution in [0.1, 0.15) is 436 Å². The molecule has 125 heavy (non-hydrogen) atoms. The van der Waals surface area contributed by atoms with Gasteiger partial charge in [0.25, 0.3) is 0 Å². The maximum Gasteiger partial charge on any atom is 0.306 e. The molecule has 1 N–H and O–H groups in total. The van der Waals surface area contributed by atoms with Gasteiger partial charge in [0, 0.05) is 114 Å². The van der Waals surface area contributed by atoms with E-state index in [1.54, 1.807) is 31.2 Å². The number of hydrogen-bond acceptors (Lipinski definition) is 17. The molecule has 9 atom stereocenters. The van der Waals surface area contributed by atoms with E-state index in [1.165, 1.54) is 0 Å². The molecule has 0 heterocycles. The maximum atomic E-state index is 13.9. The Hall–Kier alpha value is -5.88. The van der Waals surface area contributed by atoms with Crippen LogP contribution < -0.4 is 0 Å². The molecular weight excluding hydrogens is 1630 g/mol. The smallest absolute Gasteiger partial charge is 0.306 e. The van der Waals surface area contributed by atoms with Gasteiger partial charge >= 0.3 is 47.6 Å². The average molecular weight is 1790 g/mol. The van der Waals surface area contributed by atoms with Crippen molar-refractivity contribution in [3.8, 4) is 0 Å². The number of carbonyl (C=O) groups excluding carboxylic acids is 12. The van der Waals surface area contributed by atoms with Gasteiger partial charge in [0.2, 0.25) is 23.1 Å². The van der Waals surface area contributed by atoms with E-state index in [9.17, 15) is 97.8 Å². The van der Waals surface area contributed by atoms with Gasteiger partial charge in [0.15, 0.2) is 11.6 Å². The second-order valence-electron chi connectivity index (χ2n) is 36.8. The minimum atomic E-state index is -3.31. The second kappa shape index (κ2) is 66.5. The van der Waals surface area contributed by atoms with Crippen molar-refractivity contribution in [3.05, 3.63) is 24.3 Å². The Balaban J connectivity index is 0.000000833. The summed E-state index contributed by atoms with van der Waals surface area (Å²) in [5.74, 6) is -18.6. The summed E-state index contributed by atoms with van der Waals surface area (Å²) in [6, 6.07) is 0. The summed E-state index contributed by atoms with van der Waals surface area (Å²) >= 11 is 0. The number of aliphatic hydroxyl groups is 1. The van der Waals surface area contributed by atoms with Crippen molar-refractivity contribution in [2.24, 2.45) is 47.3 Å². The molecule has 0 bridgehead atoms. The van der Waals surface area contributed by atoms with Crippen LogP contribution in [0.15, 0.2) is 24.3 Å². The Labute approximate surface area is 745 Å². The number of aliphatic hydroxyl groups excluding tert-OH is 1. The lowest BCUT2D eigenvalue weighted by Gasteiger charge is -2.22. The fourth-order valence-corrected chi connectivity index (χ4v) is 16.9. The molecule has 4 rings (SSSR count). The third kappa shape index (κ3) is 53.1. The van der Waals surface area contributed by atoms with Gasteiger partial charge in [-0.15, -0.1) is 0 Å². The topological polar surface area (TPSA) is 262 Å². The normalized spacial score (nSPS) is 19.5. The maximum absolute atomic E-state index is 13.9. The molecule has 0 amide bonds. The second-order valence-corrected chi connectivity index (χ2v) is 36.8. The third-order valence-corrected chi connectivity index (χ3v) is 24.3. The Morgan fingerprint density at radius 1 is 0.328 bits per heavy atom. The molecule has 0 spiro atoms. The predicted molar refractivity (Wildman–Crippen MR) is 474 cm³/mol. The number of ketones is 8.